The molecule has 0 saturated carbocycles. The van der Waals surface area contributed by atoms with Crippen LogP contribution in [0.5, 0.6) is 5.75 Å². The van der Waals surface area contributed by atoms with Crippen molar-refractivity contribution in [2.24, 2.45) is 0 Å². The predicted octanol–water partition coefficient (Wildman–Crippen LogP) is 2.70. The number of benzene rings is 1. The van der Waals surface area contributed by atoms with Gasteiger partial charge in [0.15, 0.2) is 0 Å². The van der Waals surface area contributed by atoms with Gasteiger partial charge in [0.25, 0.3) is 0 Å². The van der Waals surface area contributed by atoms with Gasteiger partial charge in [0.1, 0.15) is 17.4 Å². The molecule has 5 heteroatoms. The van der Waals surface area contributed by atoms with Gasteiger partial charge >= 0.3 is 0 Å². The summed E-state index contributed by atoms with van der Waals surface area (Å²) in [6.45, 7) is 1.79. The lowest BCUT2D eigenvalue weighted by molar-refractivity contribution is 0.416. The van der Waals surface area contributed by atoms with Gasteiger partial charge in [-0.25, -0.2) is 9.97 Å². The van der Waals surface area contributed by atoms with Crippen molar-refractivity contribution >= 4 is 17.4 Å². The van der Waals surface area contributed by atoms with E-state index in [9.17, 15) is 0 Å². The van der Waals surface area contributed by atoms with E-state index in [2.05, 4.69) is 9.97 Å². The zero-order valence-corrected chi connectivity index (χ0v) is 10.3. The van der Waals surface area contributed by atoms with Crippen molar-refractivity contribution in [3.8, 4) is 17.0 Å². The maximum Gasteiger partial charge on any atom is 0.128 e. The van der Waals surface area contributed by atoms with Crippen LogP contribution in [0.1, 0.15) is 5.82 Å². The highest BCUT2D eigenvalue weighted by Gasteiger charge is 2.09. The highest BCUT2D eigenvalue weighted by atomic mass is 35.5. The number of rotatable bonds is 2. The summed E-state index contributed by atoms with van der Waals surface area (Å²) in [5, 5.41) is 0.621. The number of ether oxygens (including phenoxy) is 1. The van der Waals surface area contributed by atoms with Crippen LogP contribution in [-0.2, 0) is 0 Å². The monoisotopic (exact) mass is 249 g/mol. The smallest absolute Gasteiger partial charge is 0.128 e. The van der Waals surface area contributed by atoms with Crippen LogP contribution >= 0.6 is 11.6 Å². The Labute approximate surface area is 104 Å². The molecule has 1 heterocycles. The molecule has 0 bridgehead atoms. The highest BCUT2D eigenvalue weighted by molar-refractivity contribution is 6.30. The molecule has 0 amide bonds. The number of hydrogen-bond acceptors (Lipinski definition) is 4. The first-order chi connectivity index (χ1) is 8.10. The van der Waals surface area contributed by atoms with Gasteiger partial charge in [0.05, 0.1) is 12.8 Å². The quantitative estimate of drug-likeness (QED) is 0.889. The van der Waals surface area contributed by atoms with Gasteiger partial charge in [-0.15, -0.1) is 0 Å². The minimum Gasteiger partial charge on any atom is -0.496 e. The Kier molecular flexibility index (Phi) is 3.15. The lowest BCUT2D eigenvalue weighted by atomic mass is 10.1. The van der Waals surface area contributed by atoms with E-state index >= 15 is 0 Å². The second-order valence-electron chi connectivity index (χ2n) is 3.57. The van der Waals surface area contributed by atoms with Gasteiger partial charge in [0, 0.05) is 16.7 Å². The van der Waals surface area contributed by atoms with E-state index in [-0.39, 0.29) is 0 Å². The van der Waals surface area contributed by atoms with Crippen molar-refractivity contribution < 1.29 is 4.74 Å². The molecule has 2 aromatic rings. The number of aryl methyl sites for hydroxylation is 1. The fraction of sp³-hybridized carbons (Fsp3) is 0.167. The van der Waals surface area contributed by atoms with E-state index in [1.54, 1.807) is 38.3 Å². The summed E-state index contributed by atoms with van der Waals surface area (Å²) in [5.41, 5.74) is 7.21. The molecule has 0 radical (unpaired) electrons. The molecular formula is C12H12ClN3O. The Morgan fingerprint density at radius 1 is 1.24 bits per heavy atom. The van der Waals surface area contributed by atoms with Gasteiger partial charge in [-0.1, -0.05) is 11.6 Å². The van der Waals surface area contributed by atoms with Gasteiger partial charge in [-0.3, -0.25) is 0 Å². The fourth-order valence-electron chi connectivity index (χ4n) is 1.61. The molecule has 0 aliphatic carbocycles. The first kappa shape index (κ1) is 11.7. The Bertz CT molecular complexity index is 537. The number of nitrogens with two attached hydrogens (primary N) is 1. The summed E-state index contributed by atoms with van der Waals surface area (Å²) < 4.78 is 5.27. The van der Waals surface area contributed by atoms with E-state index < -0.39 is 0 Å². The summed E-state index contributed by atoms with van der Waals surface area (Å²) in [4.78, 5) is 8.35. The molecule has 1 aromatic carbocycles. The molecule has 0 unspecified atom stereocenters. The van der Waals surface area contributed by atoms with Crippen LogP contribution in [0.4, 0.5) is 5.82 Å². The summed E-state index contributed by atoms with van der Waals surface area (Å²) in [5.74, 6) is 1.74. The molecule has 0 spiro atoms. The second-order valence-corrected chi connectivity index (χ2v) is 4.01. The molecule has 17 heavy (non-hydrogen) atoms. The van der Waals surface area contributed by atoms with Crippen LogP contribution in [0.2, 0.25) is 5.02 Å². The van der Waals surface area contributed by atoms with E-state index in [0.29, 0.717) is 28.1 Å². The standard InChI is InChI=1S/C12H12ClN3O/c1-7-15-10(6-12(14)16-7)9-5-8(13)3-4-11(9)17-2/h3-6H,1-2H3,(H2,14,15,16). The molecule has 0 fully saturated rings. The van der Waals surface area contributed by atoms with Crippen LogP contribution in [0.3, 0.4) is 0 Å². The molecule has 2 N–H and O–H groups in total. The van der Waals surface area contributed by atoms with Crippen molar-refractivity contribution in [3.05, 3.63) is 35.1 Å². The average molecular weight is 250 g/mol. The van der Waals surface area contributed by atoms with Gasteiger partial charge < -0.3 is 10.5 Å². The van der Waals surface area contributed by atoms with E-state index in [1.807, 2.05) is 0 Å². The predicted molar refractivity (Wildman–Crippen MR) is 68.2 cm³/mol. The minimum absolute atomic E-state index is 0.425. The summed E-state index contributed by atoms with van der Waals surface area (Å²) in [7, 11) is 1.60. The molecular weight excluding hydrogens is 238 g/mol. The second kappa shape index (κ2) is 4.59. The van der Waals surface area contributed by atoms with Crippen LogP contribution < -0.4 is 10.5 Å². The molecule has 2 rings (SSSR count). The highest BCUT2D eigenvalue weighted by Crippen LogP contribution is 2.31. The lowest BCUT2D eigenvalue weighted by Crippen LogP contribution is -1.98. The number of aromatic nitrogens is 2. The van der Waals surface area contributed by atoms with Gasteiger partial charge in [-0.2, -0.15) is 0 Å². The Morgan fingerprint density at radius 3 is 2.65 bits per heavy atom. The topological polar surface area (TPSA) is 61.0 Å². The van der Waals surface area contributed by atoms with Crippen LogP contribution in [-0.4, -0.2) is 17.1 Å². The van der Waals surface area contributed by atoms with Crippen molar-refractivity contribution in [2.45, 2.75) is 6.92 Å². The first-order valence-corrected chi connectivity index (χ1v) is 5.43. The first-order valence-electron chi connectivity index (χ1n) is 5.05. The maximum atomic E-state index is 5.97. The molecule has 4 nitrogen and oxygen atoms in total. The SMILES string of the molecule is COc1ccc(Cl)cc1-c1cc(N)nc(C)n1. The van der Waals surface area contributed by atoms with Crippen molar-refractivity contribution in [1.29, 1.82) is 0 Å². The van der Waals surface area contributed by atoms with Crippen LogP contribution in [0.25, 0.3) is 11.3 Å². The number of hydrogen-bond donors (Lipinski definition) is 1. The third-order valence-corrected chi connectivity index (χ3v) is 2.53. The summed E-state index contributed by atoms with van der Waals surface area (Å²) in [6, 6.07) is 7.05. The molecule has 0 aliphatic heterocycles. The Balaban J connectivity index is 2.62. The Hall–Kier alpha value is -1.81. The van der Waals surface area contributed by atoms with Crippen molar-refractivity contribution in [1.82, 2.24) is 9.97 Å². The summed E-state index contributed by atoms with van der Waals surface area (Å²) in [6.07, 6.45) is 0. The maximum absolute atomic E-state index is 5.97. The third-order valence-electron chi connectivity index (χ3n) is 2.30. The van der Waals surface area contributed by atoms with Gasteiger partial charge in [0.2, 0.25) is 0 Å². The zero-order chi connectivity index (χ0) is 12.4. The number of halogens is 1. The van der Waals surface area contributed by atoms with Crippen LogP contribution in [0.15, 0.2) is 24.3 Å². The third kappa shape index (κ3) is 2.47. The average Bonchev–Trinajstić information content (AvgIpc) is 2.27. The van der Waals surface area contributed by atoms with Crippen LogP contribution in [0, 0.1) is 6.92 Å². The number of nitrogen functional groups attached to an aromatic ring is 1. The number of anilines is 1. The molecule has 0 saturated heterocycles. The summed E-state index contributed by atoms with van der Waals surface area (Å²) >= 11 is 5.97. The van der Waals surface area contributed by atoms with Crippen molar-refractivity contribution in [2.75, 3.05) is 12.8 Å². The number of methoxy groups -OCH3 is 1. The molecule has 0 aliphatic rings. The van der Waals surface area contributed by atoms with E-state index in [4.69, 9.17) is 22.1 Å². The number of nitrogens with zero attached hydrogens (tertiary/aromatic N) is 2. The zero-order valence-electron chi connectivity index (χ0n) is 9.57. The molecule has 1 aromatic heterocycles. The Morgan fingerprint density at radius 2 is 2.00 bits per heavy atom. The normalized spacial score (nSPS) is 10.3. The molecule has 0 atom stereocenters. The van der Waals surface area contributed by atoms with Gasteiger partial charge in [-0.05, 0) is 25.1 Å². The largest absolute Gasteiger partial charge is 0.496 e. The lowest BCUT2D eigenvalue weighted by Gasteiger charge is -2.09. The van der Waals surface area contributed by atoms with Crippen molar-refractivity contribution in [3.63, 3.8) is 0 Å². The van der Waals surface area contributed by atoms with E-state index in [1.165, 1.54) is 0 Å². The fourth-order valence-corrected chi connectivity index (χ4v) is 1.78. The molecule has 88 valence electrons. The minimum atomic E-state index is 0.425. The van der Waals surface area contributed by atoms with E-state index in [0.717, 1.165) is 5.56 Å².